The molecule has 24 heavy (non-hydrogen) atoms. The van der Waals surface area contributed by atoms with Gasteiger partial charge in [0.1, 0.15) is 6.61 Å². The molecule has 2 N–H and O–H groups in total. The number of benzene rings is 1. The third kappa shape index (κ3) is 6.36. The van der Waals surface area contributed by atoms with Crippen LogP contribution in [-0.4, -0.2) is 28.8 Å². The SMILES string of the molecule is CC1(C(=O)O)C=CC=C(C(=O)O)C1.CCOOCc1ccccc1. The van der Waals surface area contributed by atoms with Crippen LogP contribution in [0.5, 0.6) is 0 Å². The molecule has 0 saturated heterocycles. The van der Waals surface area contributed by atoms with E-state index in [0.29, 0.717) is 13.2 Å². The average Bonchev–Trinajstić information content (AvgIpc) is 2.56. The maximum absolute atomic E-state index is 10.8. The Labute approximate surface area is 140 Å². The molecule has 0 saturated carbocycles. The van der Waals surface area contributed by atoms with Gasteiger partial charge in [-0.25, -0.2) is 14.6 Å². The third-order valence-corrected chi connectivity index (χ3v) is 3.35. The molecule has 6 nitrogen and oxygen atoms in total. The quantitative estimate of drug-likeness (QED) is 0.471. The number of carbonyl (C=O) groups is 2. The monoisotopic (exact) mass is 334 g/mol. The molecule has 0 spiro atoms. The van der Waals surface area contributed by atoms with Crippen LogP contribution in [0.2, 0.25) is 0 Å². The minimum Gasteiger partial charge on any atom is -0.481 e. The number of hydrogen-bond acceptors (Lipinski definition) is 4. The predicted molar refractivity (Wildman–Crippen MR) is 88.1 cm³/mol. The number of hydrogen-bond donors (Lipinski definition) is 2. The van der Waals surface area contributed by atoms with Crippen molar-refractivity contribution in [3.05, 3.63) is 59.7 Å². The van der Waals surface area contributed by atoms with Crippen LogP contribution in [0.25, 0.3) is 0 Å². The van der Waals surface area contributed by atoms with Crippen molar-refractivity contribution in [1.29, 1.82) is 0 Å². The highest BCUT2D eigenvalue weighted by Gasteiger charge is 2.34. The van der Waals surface area contributed by atoms with Crippen LogP contribution >= 0.6 is 0 Å². The van der Waals surface area contributed by atoms with E-state index in [9.17, 15) is 9.59 Å². The summed E-state index contributed by atoms with van der Waals surface area (Å²) >= 11 is 0. The molecule has 1 aliphatic rings. The van der Waals surface area contributed by atoms with E-state index in [4.69, 9.17) is 20.0 Å². The van der Waals surface area contributed by atoms with E-state index in [1.165, 1.54) is 25.2 Å². The summed E-state index contributed by atoms with van der Waals surface area (Å²) in [6.45, 7) is 4.51. The molecule has 1 aliphatic carbocycles. The Morgan fingerprint density at radius 1 is 1.17 bits per heavy atom. The van der Waals surface area contributed by atoms with Crippen molar-refractivity contribution in [2.24, 2.45) is 5.41 Å². The van der Waals surface area contributed by atoms with E-state index in [-0.39, 0.29) is 12.0 Å². The lowest BCUT2D eigenvalue weighted by Crippen LogP contribution is -2.28. The Balaban J connectivity index is 0.000000243. The fourth-order valence-corrected chi connectivity index (χ4v) is 1.95. The fraction of sp³-hybridized carbons (Fsp3) is 0.333. The molecule has 1 unspecified atom stereocenters. The molecule has 0 heterocycles. The average molecular weight is 334 g/mol. The lowest BCUT2D eigenvalue weighted by atomic mass is 9.80. The van der Waals surface area contributed by atoms with Crippen LogP contribution in [0, 0.1) is 5.41 Å². The fourth-order valence-electron chi connectivity index (χ4n) is 1.95. The molecule has 0 aliphatic heterocycles. The third-order valence-electron chi connectivity index (χ3n) is 3.35. The van der Waals surface area contributed by atoms with Gasteiger partial charge in [-0.1, -0.05) is 48.6 Å². The standard InChI is InChI=1S/C9H10O4.C9H12O2/c1-9(8(12)13)4-2-3-6(5-9)7(10)11;1-2-10-11-8-9-6-4-3-5-7-9/h2-4H,5H2,1H3,(H,10,11)(H,12,13);3-7H,2,8H2,1H3. The molecule has 0 fully saturated rings. The van der Waals surface area contributed by atoms with Crippen LogP contribution < -0.4 is 0 Å². The molecule has 1 atom stereocenters. The number of carboxylic acid groups (broad SMARTS) is 2. The Kier molecular flexibility index (Phi) is 7.88. The van der Waals surface area contributed by atoms with Gasteiger partial charge in [0.15, 0.2) is 0 Å². The number of allylic oxidation sites excluding steroid dienone is 2. The number of rotatable bonds is 6. The topological polar surface area (TPSA) is 93.1 Å². The van der Waals surface area contributed by atoms with Gasteiger partial charge in [0, 0.05) is 5.57 Å². The van der Waals surface area contributed by atoms with Gasteiger partial charge in [0.25, 0.3) is 0 Å². The van der Waals surface area contributed by atoms with Gasteiger partial charge < -0.3 is 10.2 Å². The normalized spacial score (nSPS) is 19.0. The summed E-state index contributed by atoms with van der Waals surface area (Å²) in [5.41, 5.74) is 0.177. The Bertz CT molecular complexity index is 605. The first-order valence-corrected chi connectivity index (χ1v) is 7.52. The summed E-state index contributed by atoms with van der Waals surface area (Å²) in [5.74, 6) is -2.06. The van der Waals surface area contributed by atoms with Gasteiger partial charge in [0.2, 0.25) is 0 Å². The van der Waals surface area contributed by atoms with Crippen LogP contribution in [0.15, 0.2) is 54.1 Å². The van der Waals surface area contributed by atoms with Crippen LogP contribution in [0.4, 0.5) is 0 Å². The highest BCUT2D eigenvalue weighted by molar-refractivity contribution is 5.90. The summed E-state index contributed by atoms with van der Waals surface area (Å²) in [6, 6.07) is 9.93. The molecule has 0 radical (unpaired) electrons. The summed E-state index contributed by atoms with van der Waals surface area (Å²) in [7, 11) is 0. The van der Waals surface area contributed by atoms with Crippen molar-refractivity contribution < 1.29 is 29.6 Å². The lowest BCUT2D eigenvalue weighted by molar-refractivity contribution is -0.300. The molecular weight excluding hydrogens is 312 g/mol. The van der Waals surface area contributed by atoms with Gasteiger partial charge in [0.05, 0.1) is 12.0 Å². The molecule has 130 valence electrons. The highest BCUT2D eigenvalue weighted by Crippen LogP contribution is 2.31. The van der Waals surface area contributed by atoms with E-state index in [0.717, 1.165) is 5.56 Å². The second-order valence-corrected chi connectivity index (χ2v) is 5.41. The zero-order valence-corrected chi connectivity index (χ0v) is 13.8. The Morgan fingerprint density at radius 2 is 1.83 bits per heavy atom. The minimum atomic E-state index is -1.08. The van der Waals surface area contributed by atoms with Crippen LogP contribution in [0.1, 0.15) is 25.8 Å². The lowest BCUT2D eigenvalue weighted by Gasteiger charge is -2.23. The van der Waals surface area contributed by atoms with E-state index in [1.807, 2.05) is 37.3 Å². The van der Waals surface area contributed by atoms with Gasteiger partial charge in [-0.15, -0.1) is 0 Å². The molecule has 1 aromatic rings. The van der Waals surface area contributed by atoms with Gasteiger partial charge in [-0.05, 0) is 25.8 Å². The second-order valence-electron chi connectivity index (χ2n) is 5.41. The summed E-state index contributed by atoms with van der Waals surface area (Å²) in [4.78, 5) is 30.9. The van der Waals surface area contributed by atoms with E-state index in [1.54, 1.807) is 0 Å². The molecule has 0 amide bonds. The second kappa shape index (κ2) is 9.64. The van der Waals surface area contributed by atoms with Gasteiger partial charge in [-0.2, -0.15) is 0 Å². The van der Waals surface area contributed by atoms with E-state index < -0.39 is 17.4 Å². The number of aliphatic carboxylic acids is 2. The van der Waals surface area contributed by atoms with Crippen molar-refractivity contribution >= 4 is 11.9 Å². The van der Waals surface area contributed by atoms with E-state index >= 15 is 0 Å². The molecule has 6 heteroatoms. The first-order chi connectivity index (χ1) is 11.4. The maximum Gasteiger partial charge on any atom is 0.331 e. The van der Waals surface area contributed by atoms with Gasteiger partial charge >= 0.3 is 11.9 Å². The van der Waals surface area contributed by atoms with Crippen LogP contribution in [-0.2, 0) is 26.0 Å². The summed E-state index contributed by atoms with van der Waals surface area (Å²) < 4.78 is 0. The Hall–Kier alpha value is -2.44. The molecular formula is C18H22O6. The summed E-state index contributed by atoms with van der Waals surface area (Å²) in [6.07, 6.45) is 4.43. The van der Waals surface area contributed by atoms with Crippen molar-refractivity contribution in [1.82, 2.24) is 0 Å². The molecule has 1 aromatic carbocycles. The number of carboxylic acids is 2. The van der Waals surface area contributed by atoms with Crippen LogP contribution in [0.3, 0.4) is 0 Å². The first-order valence-electron chi connectivity index (χ1n) is 7.52. The molecule has 2 rings (SSSR count). The van der Waals surface area contributed by atoms with Crippen molar-refractivity contribution in [2.45, 2.75) is 26.9 Å². The summed E-state index contributed by atoms with van der Waals surface area (Å²) in [5, 5.41) is 17.5. The maximum atomic E-state index is 10.8. The zero-order chi connectivity index (χ0) is 18.0. The molecule has 0 aromatic heterocycles. The van der Waals surface area contributed by atoms with E-state index in [2.05, 4.69) is 0 Å². The minimum absolute atomic E-state index is 0.0359. The van der Waals surface area contributed by atoms with Gasteiger partial charge in [-0.3, -0.25) is 4.79 Å². The largest absolute Gasteiger partial charge is 0.481 e. The highest BCUT2D eigenvalue weighted by atomic mass is 17.2. The smallest absolute Gasteiger partial charge is 0.331 e. The van der Waals surface area contributed by atoms with Crippen molar-refractivity contribution in [3.63, 3.8) is 0 Å². The van der Waals surface area contributed by atoms with Crippen molar-refractivity contribution in [3.8, 4) is 0 Å². The Morgan fingerprint density at radius 3 is 2.38 bits per heavy atom. The zero-order valence-electron chi connectivity index (χ0n) is 13.8. The first kappa shape index (κ1) is 19.6. The predicted octanol–water partition coefficient (Wildman–Crippen LogP) is 3.20. The molecule has 0 bridgehead atoms. The van der Waals surface area contributed by atoms with Crippen molar-refractivity contribution in [2.75, 3.05) is 6.61 Å².